The molecule has 0 heterocycles. The summed E-state index contributed by atoms with van der Waals surface area (Å²) in [7, 11) is 0. The van der Waals surface area contributed by atoms with Crippen LogP contribution in [0.2, 0.25) is 0 Å². The molecule has 1 aromatic rings. The quantitative estimate of drug-likeness (QED) is 0.652. The Bertz CT molecular complexity index is 570. The number of nitrogens with zero attached hydrogens (tertiary/aromatic N) is 1. The van der Waals surface area contributed by atoms with E-state index in [1.165, 1.54) is 30.0 Å². The second-order valence-electron chi connectivity index (χ2n) is 5.71. The lowest BCUT2D eigenvalue weighted by molar-refractivity contribution is 0.0636. The van der Waals surface area contributed by atoms with Gasteiger partial charge in [-0.1, -0.05) is 11.8 Å². The smallest absolute Gasteiger partial charge is 0.412 e. The molecular weight excluding hydrogens is 305 g/mol. The van der Waals surface area contributed by atoms with Crippen LogP contribution in [0.25, 0.3) is 0 Å². The predicted octanol–water partition coefficient (Wildman–Crippen LogP) is 3.91. The number of thioether (sulfide) groups is 1. The Morgan fingerprint density at radius 1 is 1.45 bits per heavy atom. The minimum absolute atomic E-state index is 0.352. The van der Waals surface area contributed by atoms with Gasteiger partial charge in [0, 0.05) is 11.3 Å². The number of amidine groups is 1. The molecule has 0 saturated carbocycles. The summed E-state index contributed by atoms with van der Waals surface area (Å²) in [6.45, 7) is 7.04. The Labute approximate surface area is 134 Å². The molecule has 3 N–H and O–H groups in total. The molecule has 0 fully saturated rings. The van der Waals surface area contributed by atoms with E-state index in [0.29, 0.717) is 16.4 Å². The summed E-state index contributed by atoms with van der Waals surface area (Å²) in [6, 6.07) is 3.83. The average molecular weight is 327 g/mol. The molecule has 0 spiro atoms. The zero-order valence-electron chi connectivity index (χ0n) is 13.4. The van der Waals surface area contributed by atoms with Gasteiger partial charge in [-0.15, -0.1) is 0 Å². The highest BCUT2D eigenvalue weighted by Crippen LogP contribution is 2.24. The summed E-state index contributed by atoms with van der Waals surface area (Å²) in [5.41, 5.74) is 5.84. The highest BCUT2D eigenvalue weighted by molar-refractivity contribution is 8.13. The maximum Gasteiger partial charge on any atom is 0.412 e. The van der Waals surface area contributed by atoms with Crippen molar-refractivity contribution in [3.8, 4) is 0 Å². The third-order valence-corrected chi connectivity index (χ3v) is 3.15. The van der Waals surface area contributed by atoms with Crippen molar-refractivity contribution >= 4 is 28.7 Å². The standard InChI is InChI=1S/C15H22FN3O2S/c1-9(18-13(17)22-5)11-8-10(6-7-12(11)16)19-14(20)21-15(2,3)4/h6-9H,1-5H3,(H2,17,18)(H,19,20). The van der Waals surface area contributed by atoms with Crippen LogP contribution >= 0.6 is 11.8 Å². The van der Waals surface area contributed by atoms with Gasteiger partial charge in [-0.05, 0) is 52.1 Å². The van der Waals surface area contributed by atoms with E-state index in [-0.39, 0.29) is 0 Å². The van der Waals surface area contributed by atoms with Crippen molar-refractivity contribution in [3.63, 3.8) is 0 Å². The van der Waals surface area contributed by atoms with Crippen LogP contribution in [0.5, 0.6) is 0 Å². The van der Waals surface area contributed by atoms with Crippen LogP contribution in [0.1, 0.15) is 39.3 Å². The van der Waals surface area contributed by atoms with E-state index in [9.17, 15) is 9.18 Å². The maximum atomic E-state index is 13.9. The molecule has 0 bridgehead atoms. The first-order valence-corrected chi connectivity index (χ1v) is 8.01. The van der Waals surface area contributed by atoms with E-state index in [0.717, 1.165) is 0 Å². The van der Waals surface area contributed by atoms with Crippen LogP contribution < -0.4 is 11.1 Å². The number of amides is 1. The predicted molar refractivity (Wildman–Crippen MR) is 89.8 cm³/mol. The number of benzene rings is 1. The highest BCUT2D eigenvalue weighted by Gasteiger charge is 2.17. The molecule has 0 saturated heterocycles. The molecule has 1 amide bonds. The van der Waals surface area contributed by atoms with Crippen LogP contribution in [0.3, 0.4) is 0 Å². The number of nitrogens with one attached hydrogen (secondary N) is 1. The molecule has 0 radical (unpaired) electrons. The first-order chi connectivity index (χ1) is 10.1. The average Bonchev–Trinajstić information content (AvgIpc) is 2.38. The lowest BCUT2D eigenvalue weighted by Crippen LogP contribution is -2.27. The Kier molecular flexibility index (Phi) is 6.22. The lowest BCUT2D eigenvalue weighted by Gasteiger charge is -2.20. The van der Waals surface area contributed by atoms with Crippen LogP contribution in [0.4, 0.5) is 14.9 Å². The monoisotopic (exact) mass is 327 g/mol. The minimum atomic E-state index is -0.600. The van der Waals surface area contributed by atoms with E-state index >= 15 is 0 Å². The van der Waals surface area contributed by atoms with Crippen molar-refractivity contribution in [2.45, 2.75) is 39.3 Å². The summed E-state index contributed by atoms with van der Waals surface area (Å²) >= 11 is 1.29. The number of hydrogen-bond donors (Lipinski definition) is 2. The maximum absolute atomic E-state index is 13.9. The summed E-state index contributed by atoms with van der Waals surface area (Å²) in [6.07, 6.45) is 1.20. The molecule has 0 aliphatic heterocycles. The summed E-state index contributed by atoms with van der Waals surface area (Å²) in [5.74, 6) is -0.403. The number of hydrogen-bond acceptors (Lipinski definition) is 4. The molecule has 122 valence electrons. The number of carbonyl (C=O) groups is 1. The molecule has 0 aromatic heterocycles. The second kappa shape index (κ2) is 7.49. The number of carbonyl (C=O) groups excluding carboxylic acids is 1. The number of halogens is 1. The molecule has 0 aliphatic rings. The Balaban J connectivity index is 2.93. The zero-order valence-corrected chi connectivity index (χ0v) is 14.3. The minimum Gasteiger partial charge on any atom is -0.444 e. The Hall–Kier alpha value is -1.76. The molecule has 1 atom stereocenters. The van der Waals surface area contributed by atoms with Crippen LogP contribution in [-0.4, -0.2) is 23.1 Å². The summed E-state index contributed by atoms with van der Waals surface area (Å²) in [5, 5.41) is 2.95. The van der Waals surface area contributed by atoms with E-state index in [4.69, 9.17) is 10.5 Å². The number of ether oxygens (including phenoxy) is 1. The SMILES string of the molecule is CSC(N)=NC(C)c1cc(NC(=O)OC(C)(C)C)ccc1F. The van der Waals surface area contributed by atoms with E-state index in [2.05, 4.69) is 10.3 Å². The number of aliphatic imine (C=N–C) groups is 1. The van der Waals surface area contributed by atoms with Gasteiger partial charge in [0.05, 0.1) is 6.04 Å². The zero-order chi connectivity index (χ0) is 16.9. The fourth-order valence-electron chi connectivity index (χ4n) is 1.68. The van der Waals surface area contributed by atoms with Gasteiger partial charge in [-0.2, -0.15) is 0 Å². The normalized spacial score (nSPS) is 13.6. The van der Waals surface area contributed by atoms with Gasteiger partial charge < -0.3 is 10.5 Å². The van der Waals surface area contributed by atoms with Crippen molar-refractivity contribution < 1.29 is 13.9 Å². The first-order valence-electron chi connectivity index (χ1n) is 6.79. The second-order valence-corrected chi connectivity index (χ2v) is 6.54. The molecule has 1 rings (SSSR count). The molecule has 5 nitrogen and oxygen atoms in total. The third-order valence-electron chi connectivity index (χ3n) is 2.62. The summed E-state index contributed by atoms with van der Waals surface area (Å²) in [4.78, 5) is 15.9. The third kappa shape index (κ3) is 5.93. The van der Waals surface area contributed by atoms with E-state index in [1.807, 2.05) is 0 Å². The van der Waals surface area contributed by atoms with Crippen molar-refractivity contribution in [2.75, 3.05) is 11.6 Å². The van der Waals surface area contributed by atoms with Crippen molar-refractivity contribution in [2.24, 2.45) is 10.7 Å². The fraction of sp³-hybridized carbons (Fsp3) is 0.467. The largest absolute Gasteiger partial charge is 0.444 e. The topological polar surface area (TPSA) is 76.7 Å². The van der Waals surface area contributed by atoms with Gasteiger partial charge in [0.2, 0.25) is 0 Å². The Morgan fingerprint density at radius 2 is 2.09 bits per heavy atom. The van der Waals surface area contributed by atoms with Crippen LogP contribution in [0, 0.1) is 5.82 Å². The van der Waals surface area contributed by atoms with Gasteiger partial charge in [0.1, 0.15) is 11.4 Å². The molecular formula is C15H22FN3O2S. The van der Waals surface area contributed by atoms with Crippen molar-refractivity contribution in [1.82, 2.24) is 0 Å². The van der Waals surface area contributed by atoms with Gasteiger partial charge >= 0.3 is 6.09 Å². The summed E-state index contributed by atoms with van der Waals surface area (Å²) < 4.78 is 19.1. The lowest BCUT2D eigenvalue weighted by atomic mass is 10.1. The van der Waals surface area contributed by atoms with Gasteiger partial charge in [0.25, 0.3) is 0 Å². The Morgan fingerprint density at radius 3 is 2.64 bits per heavy atom. The first kappa shape index (κ1) is 18.3. The fourth-order valence-corrected chi connectivity index (χ4v) is 1.94. The van der Waals surface area contributed by atoms with E-state index < -0.39 is 23.6 Å². The number of rotatable bonds is 3. The van der Waals surface area contributed by atoms with Crippen molar-refractivity contribution in [1.29, 1.82) is 0 Å². The van der Waals surface area contributed by atoms with Gasteiger partial charge in [-0.25, -0.2) is 9.18 Å². The van der Waals surface area contributed by atoms with Crippen LogP contribution in [0.15, 0.2) is 23.2 Å². The van der Waals surface area contributed by atoms with E-state index in [1.54, 1.807) is 34.0 Å². The molecule has 1 unspecified atom stereocenters. The van der Waals surface area contributed by atoms with Gasteiger partial charge in [0.15, 0.2) is 5.17 Å². The number of nitrogens with two attached hydrogens (primary N) is 1. The molecule has 0 aliphatic carbocycles. The molecule has 1 aromatic carbocycles. The molecule has 7 heteroatoms. The van der Waals surface area contributed by atoms with Gasteiger partial charge in [-0.3, -0.25) is 10.3 Å². The highest BCUT2D eigenvalue weighted by atomic mass is 32.2. The molecule has 22 heavy (non-hydrogen) atoms. The van der Waals surface area contributed by atoms with Crippen LogP contribution in [-0.2, 0) is 4.74 Å². The van der Waals surface area contributed by atoms with Crippen molar-refractivity contribution in [3.05, 3.63) is 29.6 Å². The number of anilines is 1.